The van der Waals surface area contributed by atoms with Crippen LogP contribution in [0.5, 0.6) is 5.75 Å². The van der Waals surface area contributed by atoms with Crippen LogP contribution in [0.2, 0.25) is 0 Å². The number of ether oxygens (including phenoxy) is 1. The summed E-state index contributed by atoms with van der Waals surface area (Å²) in [4.78, 5) is 0.0353. The van der Waals surface area contributed by atoms with E-state index in [0.717, 1.165) is 6.08 Å². The van der Waals surface area contributed by atoms with Gasteiger partial charge in [-0.2, -0.15) is 4.31 Å². The Morgan fingerprint density at radius 2 is 1.56 bits per heavy atom. The van der Waals surface area contributed by atoms with Gasteiger partial charge in [0, 0.05) is 18.6 Å². The van der Waals surface area contributed by atoms with Crippen molar-refractivity contribution in [3.63, 3.8) is 0 Å². The molecule has 0 spiro atoms. The molecule has 2 aromatic rings. The highest BCUT2D eigenvalue weighted by atomic mass is 35.5. The summed E-state index contributed by atoms with van der Waals surface area (Å²) >= 11 is 0. The van der Waals surface area contributed by atoms with Crippen molar-refractivity contribution in [2.45, 2.75) is 56.2 Å². The molecule has 0 fully saturated rings. The predicted molar refractivity (Wildman–Crippen MR) is 134 cm³/mol. The second-order valence-electron chi connectivity index (χ2n) is 8.05. The maximum atomic E-state index is 13.8. The fraction of sp³-hybridized carbons (Fsp3) is 0.391. The highest BCUT2D eigenvalue weighted by molar-refractivity contribution is 7.91. The average molecular weight is 535 g/mol. The molecule has 0 bridgehead atoms. The van der Waals surface area contributed by atoms with Crippen molar-refractivity contribution in [3.05, 3.63) is 66.0 Å². The minimum absolute atomic E-state index is 0. The topological polar surface area (TPSA) is 107 Å². The molecule has 0 saturated carbocycles. The van der Waals surface area contributed by atoms with Crippen LogP contribution in [-0.4, -0.2) is 45.5 Å². The third-order valence-corrected chi connectivity index (χ3v) is 8.69. The van der Waals surface area contributed by atoms with Crippen molar-refractivity contribution in [2.24, 2.45) is 5.73 Å². The van der Waals surface area contributed by atoms with Crippen LogP contribution in [0, 0.1) is 0 Å². The van der Waals surface area contributed by atoms with Gasteiger partial charge in [0.05, 0.1) is 4.90 Å². The van der Waals surface area contributed by atoms with E-state index in [-0.39, 0.29) is 53.2 Å². The molecule has 0 radical (unpaired) electrons. The van der Waals surface area contributed by atoms with E-state index in [1.54, 1.807) is 18.2 Å². The molecule has 0 aromatic heterocycles. The van der Waals surface area contributed by atoms with Gasteiger partial charge in [-0.3, -0.25) is 0 Å². The molecular weight excluding hydrogens is 503 g/mol. The van der Waals surface area contributed by atoms with Crippen molar-refractivity contribution in [1.82, 2.24) is 4.31 Å². The van der Waals surface area contributed by atoms with Crippen molar-refractivity contribution < 1.29 is 26.0 Å². The van der Waals surface area contributed by atoms with Gasteiger partial charge in [-0.15, -0.1) is 12.4 Å². The van der Waals surface area contributed by atoms with Crippen LogP contribution in [0.15, 0.2) is 70.2 Å². The number of nitrogens with two attached hydrogens (primary N) is 1. The number of sulfone groups is 1. The quantitative estimate of drug-likeness (QED) is 0.465. The first kappa shape index (κ1) is 30.1. The number of benzene rings is 2. The highest BCUT2D eigenvalue weighted by Gasteiger charge is 2.29. The van der Waals surface area contributed by atoms with E-state index >= 15 is 0 Å². The second kappa shape index (κ2) is 12.6. The van der Waals surface area contributed by atoms with Crippen LogP contribution in [0.3, 0.4) is 0 Å². The second-order valence-corrected chi connectivity index (χ2v) is 11.8. The van der Waals surface area contributed by atoms with E-state index in [4.69, 9.17) is 10.5 Å². The Balaban J connectivity index is 0.00000578. The third kappa shape index (κ3) is 7.51. The van der Waals surface area contributed by atoms with Gasteiger partial charge in [0.1, 0.15) is 28.8 Å². The van der Waals surface area contributed by atoms with Crippen LogP contribution in [0.1, 0.15) is 33.3 Å². The molecule has 0 amide bonds. The number of rotatable bonds is 11. The molecule has 190 valence electrons. The molecule has 2 aromatic carbocycles. The number of nitrogens with zero attached hydrogens (tertiary/aromatic N) is 1. The Morgan fingerprint density at radius 3 is 2.09 bits per heavy atom. The van der Waals surface area contributed by atoms with Crippen molar-refractivity contribution in [2.75, 3.05) is 12.3 Å². The highest BCUT2D eigenvalue weighted by Crippen LogP contribution is 2.27. The van der Waals surface area contributed by atoms with Crippen molar-refractivity contribution >= 4 is 32.3 Å². The Labute approximate surface area is 208 Å². The summed E-state index contributed by atoms with van der Waals surface area (Å²) < 4.78 is 72.1. The van der Waals surface area contributed by atoms with E-state index in [1.807, 2.05) is 27.7 Å². The van der Waals surface area contributed by atoms with Gasteiger partial charge in [-0.05, 0) is 63.6 Å². The number of hydrogen-bond acceptors (Lipinski definition) is 6. The fourth-order valence-electron chi connectivity index (χ4n) is 3.46. The normalized spacial score (nSPS) is 12.8. The smallest absolute Gasteiger partial charge is 0.243 e. The third-order valence-electron chi connectivity index (χ3n) is 4.76. The predicted octanol–water partition coefficient (Wildman–Crippen LogP) is 4.08. The summed E-state index contributed by atoms with van der Waals surface area (Å²) in [5.74, 6) is -1.55. The first-order valence-corrected chi connectivity index (χ1v) is 13.6. The number of halogens is 2. The lowest BCUT2D eigenvalue weighted by Crippen LogP contribution is -2.41. The summed E-state index contributed by atoms with van der Waals surface area (Å²) in [6.07, 6.45) is 1.01. The Hall–Kier alpha value is -1.98. The average Bonchev–Trinajstić information content (AvgIpc) is 2.71. The van der Waals surface area contributed by atoms with E-state index in [9.17, 15) is 21.2 Å². The Morgan fingerprint density at radius 1 is 1.00 bits per heavy atom. The zero-order valence-electron chi connectivity index (χ0n) is 19.6. The Kier molecular flexibility index (Phi) is 11.2. The molecule has 0 saturated heterocycles. The van der Waals surface area contributed by atoms with Crippen LogP contribution in [-0.2, 0) is 26.5 Å². The lowest BCUT2D eigenvalue weighted by molar-refractivity contribution is 0.297. The minimum Gasteiger partial charge on any atom is -0.488 e. The fourth-order valence-corrected chi connectivity index (χ4v) is 6.65. The molecule has 11 heteroatoms. The van der Waals surface area contributed by atoms with Gasteiger partial charge in [0.2, 0.25) is 10.0 Å². The molecule has 34 heavy (non-hydrogen) atoms. The van der Waals surface area contributed by atoms with E-state index in [2.05, 4.69) is 0 Å². The molecule has 2 N–H and O–H groups in total. The maximum Gasteiger partial charge on any atom is 0.243 e. The van der Waals surface area contributed by atoms with Crippen LogP contribution in [0.4, 0.5) is 4.39 Å². The monoisotopic (exact) mass is 534 g/mol. The summed E-state index contributed by atoms with van der Waals surface area (Å²) in [5, 5.41) is 0. The molecule has 0 atom stereocenters. The van der Waals surface area contributed by atoms with Crippen molar-refractivity contribution in [3.8, 4) is 5.75 Å². The first-order valence-electron chi connectivity index (χ1n) is 10.5. The van der Waals surface area contributed by atoms with E-state index < -0.39 is 31.4 Å². The molecule has 2 rings (SSSR count). The van der Waals surface area contributed by atoms with Gasteiger partial charge in [0.25, 0.3) is 0 Å². The lowest BCUT2D eigenvalue weighted by Gasteiger charge is -2.29. The van der Waals surface area contributed by atoms with Gasteiger partial charge in [-0.1, -0.05) is 24.3 Å². The van der Waals surface area contributed by atoms with Gasteiger partial charge in [-0.25, -0.2) is 21.2 Å². The van der Waals surface area contributed by atoms with E-state index in [1.165, 1.54) is 34.6 Å². The maximum absolute atomic E-state index is 13.8. The van der Waals surface area contributed by atoms with Crippen LogP contribution < -0.4 is 10.5 Å². The summed E-state index contributed by atoms with van der Waals surface area (Å²) in [7, 11) is -7.64. The summed E-state index contributed by atoms with van der Waals surface area (Å²) in [6, 6.07) is 11.8. The minimum atomic E-state index is -3.98. The molecular formula is C23H32ClFN2O5S2. The Bertz CT molecular complexity index is 1170. The molecule has 0 aliphatic heterocycles. The number of hydrogen-bond donors (Lipinski definition) is 1. The van der Waals surface area contributed by atoms with Gasteiger partial charge < -0.3 is 10.5 Å². The van der Waals surface area contributed by atoms with Crippen LogP contribution in [0.25, 0.3) is 0 Å². The SMILES string of the molecule is CC(C)N(C(C)C)S(=O)(=O)c1ccc(COc2ccccc2S(=O)(=O)C/C(F)=C/CN)cc1.Cl. The molecule has 0 heterocycles. The number of sulfonamides is 1. The molecule has 7 nitrogen and oxygen atoms in total. The van der Waals surface area contributed by atoms with Crippen molar-refractivity contribution in [1.29, 1.82) is 0 Å². The number of para-hydroxylation sites is 1. The molecule has 0 unspecified atom stereocenters. The largest absolute Gasteiger partial charge is 0.488 e. The zero-order valence-corrected chi connectivity index (χ0v) is 22.1. The van der Waals surface area contributed by atoms with Gasteiger partial charge in [0.15, 0.2) is 9.84 Å². The standard InChI is InChI=1S/C23H31FN2O5S2.ClH/c1-17(2)26(18(3)4)33(29,30)21-11-9-19(10-12-21)15-31-22-7-5-6-8-23(22)32(27,28)16-20(24)13-14-25;/h5-13,17-18H,14-16,25H2,1-4H3;1H/b20-13-;. The van der Waals surface area contributed by atoms with Gasteiger partial charge >= 0.3 is 0 Å². The lowest BCUT2D eigenvalue weighted by atomic mass is 10.2. The summed E-state index contributed by atoms with van der Waals surface area (Å²) in [6.45, 7) is 7.20. The molecule has 0 aliphatic carbocycles. The first-order chi connectivity index (χ1) is 15.4. The van der Waals surface area contributed by atoms with E-state index in [0.29, 0.717) is 5.56 Å². The summed E-state index contributed by atoms with van der Waals surface area (Å²) in [5.41, 5.74) is 5.89. The van der Waals surface area contributed by atoms with Crippen LogP contribution >= 0.6 is 12.4 Å². The zero-order chi connectivity index (χ0) is 24.8. The molecule has 0 aliphatic rings.